The van der Waals surface area contributed by atoms with Gasteiger partial charge < -0.3 is 9.64 Å². The molecule has 112 valence electrons. The van der Waals surface area contributed by atoms with Gasteiger partial charge in [0.2, 0.25) is 0 Å². The SMILES string of the molecule is O=C(C=Cc1ccccc1)c1ccc(N2CCOCC2)cc1. The largest absolute Gasteiger partial charge is 0.378 e. The first-order chi connectivity index (χ1) is 10.8. The quantitative estimate of drug-likeness (QED) is 0.639. The summed E-state index contributed by atoms with van der Waals surface area (Å²) < 4.78 is 5.35. The molecular formula is C19H19NO2. The summed E-state index contributed by atoms with van der Waals surface area (Å²) in [5.41, 5.74) is 2.89. The van der Waals surface area contributed by atoms with Gasteiger partial charge in [-0.1, -0.05) is 36.4 Å². The van der Waals surface area contributed by atoms with Crippen molar-refractivity contribution in [2.24, 2.45) is 0 Å². The van der Waals surface area contributed by atoms with E-state index in [-0.39, 0.29) is 5.78 Å². The van der Waals surface area contributed by atoms with Gasteiger partial charge >= 0.3 is 0 Å². The van der Waals surface area contributed by atoms with Crippen molar-refractivity contribution in [3.63, 3.8) is 0 Å². The number of hydrogen-bond donors (Lipinski definition) is 0. The molecule has 1 saturated heterocycles. The Balaban J connectivity index is 1.67. The third-order valence-corrected chi connectivity index (χ3v) is 3.75. The highest BCUT2D eigenvalue weighted by Crippen LogP contribution is 2.17. The Morgan fingerprint density at radius 2 is 1.64 bits per heavy atom. The van der Waals surface area contributed by atoms with Crippen LogP contribution >= 0.6 is 0 Å². The molecule has 0 amide bonds. The second kappa shape index (κ2) is 7.05. The number of anilines is 1. The molecule has 22 heavy (non-hydrogen) atoms. The smallest absolute Gasteiger partial charge is 0.185 e. The molecule has 0 spiro atoms. The average molecular weight is 293 g/mol. The number of allylic oxidation sites excluding steroid dienone is 1. The molecule has 2 aromatic rings. The van der Waals surface area contributed by atoms with Crippen molar-refractivity contribution in [2.45, 2.75) is 0 Å². The first-order valence-electron chi connectivity index (χ1n) is 7.53. The van der Waals surface area contributed by atoms with Crippen LogP contribution in [-0.2, 0) is 4.74 Å². The Bertz CT molecular complexity index is 641. The van der Waals surface area contributed by atoms with Crippen molar-refractivity contribution in [2.75, 3.05) is 31.2 Å². The van der Waals surface area contributed by atoms with Gasteiger partial charge in [0, 0.05) is 24.3 Å². The normalized spacial score (nSPS) is 15.2. The molecule has 0 atom stereocenters. The lowest BCUT2D eigenvalue weighted by Gasteiger charge is -2.28. The van der Waals surface area contributed by atoms with Crippen LogP contribution in [0.1, 0.15) is 15.9 Å². The van der Waals surface area contributed by atoms with Gasteiger partial charge in [-0.25, -0.2) is 0 Å². The number of ether oxygens (including phenoxy) is 1. The summed E-state index contributed by atoms with van der Waals surface area (Å²) in [5.74, 6) is 0.0254. The molecule has 0 bridgehead atoms. The molecule has 1 fully saturated rings. The van der Waals surface area contributed by atoms with Crippen molar-refractivity contribution in [3.05, 3.63) is 71.8 Å². The van der Waals surface area contributed by atoms with Crippen molar-refractivity contribution in [3.8, 4) is 0 Å². The fourth-order valence-electron chi connectivity index (χ4n) is 2.49. The minimum Gasteiger partial charge on any atom is -0.378 e. The lowest BCUT2D eigenvalue weighted by molar-refractivity contribution is 0.104. The zero-order valence-electron chi connectivity index (χ0n) is 12.4. The van der Waals surface area contributed by atoms with Crippen molar-refractivity contribution in [1.82, 2.24) is 0 Å². The number of morpholine rings is 1. The van der Waals surface area contributed by atoms with Crippen LogP contribution in [-0.4, -0.2) is 32.1 Å². The molecule has 1 heterocycles. The summed E-state index contributed by atoms with van der Waals surface area (Å²) in [5, 5.41) is 0. The Morgan fingerprint density at radius 1 is 0.955 bits per heavy atom. The average Bonchev–Trinajstić information content (AvgIpc) is 2.61. The van der Waals surface area contributed by atoms with Crippen LogP contribution in [0, 0.1) is 0 Å². The van der Waals surface area contributed by atoms with Crippen molar-refractivity contribution >= 4 is 17.5 Å². The number of carbonyl (C=O) groups is 1. The maximum atomic E-state index is 12.2. The van der Waals surface area contributed by atoms with Crippen LogP contribution in [0.25, 0.3) is 6.08 Å². The predicted octanol–water partition coefficient (Wildman–Crippen LogP) is 3.42. The van der Waals surface area contributed by atoms with E-state index in [0.717, 1.165) is 37.6 Å². The van der Waals surface area contributed by atoms with Crippen LogP contribution in [0.2, 0.25) is 0 Å². The molecule has 0 radical (unpaired) electrons. The van der Waals surface area contributed by atoms with Crippen molar-refractivity contribution in [1.29, 1.82) is 0 Å². The molecule has 1 aliphatic heterocycles. The standard InChI is InChI=1S/C19H19NO2/c21-19(11-6-16-4-2-1-3-5-16)17-7-9-18(10-8-17)20-12-14-22-15-13-20/h1-11H,12-15H2. The number of rotatable bonds is 4. The van der Waals surface area contributed by atoms with Crippen LogP contribution in [0.3, 0.4) is 0 Å². The van der Waals surface area contributed by atoms with E-state index in [9.17, 15) is 4.79 Å². The molecule has 0 saturated carbocycles. The molecule has 2 aromatic carbocycles. The van der Waals surface area contributed by atoms with E-state index < -0.39 is 0 Å². The monoisotopic (exact) mass is 293 g/mol. The van der Waals surface area contributed by atoms with E-state index in [1.807, 2.05) is 60.7 Å². The summed E-state index contributed by atoms with van der Waals surface area (Å²) in [6.45, 7) is 3.34. The van der Waals surface area contributed by atoms with Gasteiger partial charge in [0.15, 0.2) is 5.78 Å². The second-order valence-electron chi connectivity index (χ2n) is 5.25. The molecule has 3 nitrogen and oxygen atoms in total. The molecule has 1 aliphatic rings. The zero-order chi connectivity index (χ0) is 15.2. The Labute approximate surface area is 130 Å². The molecule has 3 heteroatoms. The summed E-state index contributed by atoms with van der Waals surface area (Å²) >= 11 is 0. The Kier molecular flexibility index (Phi) is 4.66. The highest BCUT2D eigenvalue weighted by molar-refractivity contribution is 6.06. The van der Waals surface area contributed by atoms with Gasteiger partial charge in [0.1, 0.15) is 0 Å². The van der Waals surface area contributed by atoms with Gasteiger partial charge in [-0.15, -0.1) is 0 Å². The molecule has 0 aromatic heterocycles. The first kappa shape index (κ1) is 14.5. The van der Waals surface area contributed by atoms with Crippen LogP contribution in [0.4, 0.5) is 5.69 Å². The number of hydrogen-bond acceptors (Lipinski definition) is 3. The highest BCUT2D eigenvalue weighted by atomic mass is 16.5. The van der Waals surface area contributed by atoms with E-state index in [1.165, 1.54) is 0 Å². The fraction of sp³-hybridized carbons (Fsp3) is 0.211. The Hall–Kier alpha value is -2.39. The molecule has 0 N–H and O–H groups in total. The topological polar surface area (TPSA) is 29.5 Å². The Morgan fingerprint density at radius 3 is 2.32 bits per heavy atom. The zero-order valence-corrected chi connectivity index (χ0v) is 12.4. The minimum atomic E-state index is 0.0254. The van der Waals surface area contributed by atoms with Crippen molar-refractivity contribution < 1.29 is 9.53 Å². The summed E-state index contributed by atoms with van der Waals surface area (Å²) in [4.78, 5) is 14.5. The molecule has 0 unspecified atom stereocenters. The number of nitrogens with zero attached hydrogens (tertiary/aromatic N) is 1. The minimum absolute atomic E-state index is 0.0254. The predicted molar refractivity (Wildman–Crippen MR) is 89.3 cm³/mol. The summed E-state index contributed by atoms with van der Waals surface area (Å²) in [6.07, 6.45) is 3.47. The lowest BCUT2D eigenvalue weighted by atomic mass is 10.1. The van der Waals surface area contributed by atoms with E-state index in [4.69, 9.17) is 4.74 Å². The second-order valence-corrected chi connectivity index (χ2v) is 5.25. The van der Waals surface area contributed by atoms with E-state index in [1.54, 1.807) is 6.08 Å². The summed E-state index contributed by atoms with van der Waals surface area (Å²) in [6, 6.07) is 17.6. The number of benzene rings is 2. The number of carbonyl (C=O) groups excluding carboxylic acids is 1. The summed E-state index contributed by atoms with van der Waals surface area (Å²) in [7, 11) is 0. The van der Waals surface area contributed by atoms with Gasteiger partial charge in [-0.05, 0) is 35.9 Å². The van der Waals surface area contributed by atoms with Crippen LogP contribution in [0.5, 0.6) is 0 Å². The first-order valence-corrected chi connectivity index (χ1v) is 7.53. The highest BCUT2D eigenvalue weighted by Gasteiger charge is 2.11. The van der Waals surface area contributed by atoms with E-state index in [2.05, 4.69) is 4.90 Å². The third kappa shape index (κ3) is 3.62. The molecule has 3 rings (SSSR count). The molecular weight excluding hydrogens is 274 g/mol. The van der Waals surface area contributed by atoms with Gasteiger partial charge in [-0.2, -0.15) is 0 Å². The maximum Gasteiger partial charge on any atom is 0.185 e. The van der Waals surface area contributed by atoms with Crippen LogP contribution < -0.4 is 4.90 Å². The maximum absolute atomic E-state index is 12.2. The molecule has 0 aliphatic carbocycles. The number of ketones is 1. The van der Waals surface area contributed by atoms with Crippen LogP contribution in [0.15, 0.2) is 60.7 Å². The van der Waals surface area contributed by atoms with E-state index >= 15 is 0 Å². The fourth-order valence-corrected chi connectivity index (χ4v) is 2.49. The van der Waals surface area contributed by atoms with Gasteiger partial charge in [-0.3, -0.25) is 4.79 Å². The van der Waals surface area contributed by atoms with E-state index in [0.29, 0.717) is 5.56 Å². The lowest BCUT2D eigenvalue weighted by Crippen LogP contribution is -2.36. The third-order valence-electron chi connectivity index (χ3n) is 3.75. The van der Waals surface area contributed by atoms with Gasteiger partial charge in [0.25, 0.3) is 0 Å². The van der Waals surface area contributed by atoms with Gasteiger partial charge in [0.05, 0.1) is 13.2 Å².